The van der Waals surface area contributed by atoms with E-state index in [1.807, 2.05) is 3.96 Å². The Morgan fingerprint density at radius 3 is 2.36 bits per heavy atom. The molecule has 11 heavy (non-hydrogen) atoms. The van der Waals surface area contributed by atoms with Crippen molar-refractivity contribution in [3.8, 4) is 0 Å². The minimum absolute atomic E-state index is 0.662. The van der Waals surface area contributed by atoms with Gasteiger partial charge in [-0.3, -0.25) is 0 Å². The predicted octanol–water partition coefficient (Wildman–Crippen LogP) is 3.71. The van der Waals surface area contributed by atoms with Crippen molar-refractivity contribution in [3.05, 3.63) is 21.7 Å². The Morgan fingerprint density at radius 2 is 2.00 bits per heavy atom. The van der Waals surface area contributed by atoms with Gasteiger partial charge in [-0.2, -0.15) is 0 Å². The molecular weight excluding hydrogens is 315 g/mol. The van der Waals surface area contributed by atoms with E-state index in [9.17, 15) is 0 Å². The summed E-state index contributed by atoms with van der Waals surface area (Å²) < 4.78 is 1.83. The fourth-order valence-corrected chi connectivity index (χ4v) is 6.73. The summed E-state index contributed by atoms with van der Waals surface area (Å²) >= 11 is -0.662. The molecule has 0 aromatic heterocycles. The molecule has 0 heterocycles. The summed E-state index contributed by atoms with van der Waals surface area (Å²) in [6, 6.07) is 0. The van der Waals surface area contributed by atoms with Crippen molar-refractivity contribution in [2.75, 3.05) is 0 Å². The Labute approximate surface area is 75.9 Å². The predicted molar refractivity (Wildman–Crippen MR) is 47.4 cm³/mol. The van der Waals surface area contributed by atoms with E-state index in [1.54, 1.807) is 5.57 Å². The van der Waals surface area contributed by atoms with Crippen molar-refractivity contribution in [1.82, 2.24) is 0 Å². The van der Waals surface area contributed by atoms with Gasteiger partial charge in [-0.25, -0.2) is 0 Å². The van der Waals surface area contributed by atoms with E-state index >= 15 is 0 Å². The first-order valence-corrected chi connectivity index (χ1v) is 8.50. The molecular formula is C10H17Pt. The van der Waals surface area contributed by atoms with Gasteiger partial charge in [0.15, 0.2) is 0 Å². The molecule has 0 atom stereocenters. The Morgan fingerprint density at radius 1 is 1.36 bits per heavy atom. The summed E-state index contributed by atoms with van der Waals surface area (Å²) in [6.07, 6.45) is 5.89. The molecule has 0 fully saturated rings. The summed E-state index contributed by atoms with van der Waals surface area (Å²) in [5.41, 5.74) is 1.58. The molecule has 0 aromatic carbocycles. The van der Waals surface area contributed by atoms with Crippen molar-refractivity contribution in [3.63, 3.8) is 0 Å². The zero-order valence-corrected chi connectivity index (χ0v) is 9.86. The fraction of sp³-hybridized carbons (Fsp3) is 0.600. The number of rotatable bonds is 3. The van der Waals surface area contributed by atoms with E-state index in [-0.39, 0.29) is 0 Å². The van der Waals surface area contributed by atoms with Crippen molar-refractivity contribution < 1.29 is 17.3 Å². The van der Waals surface area contributed by atoms with Crippen LogP contribution in [0.25, 0.3) is 0 Å². The van der Waals surface area contributed by atoms with E-state index < -0.39 is 17.3 Å². The minimum atomic E-state index is -0.662. The maximum atomic E-state index is 2.35. The molecule has 0 unspecified atom stereocenters. The van der Waals surface area contributed by atoms with Crippen LogP contribution in [-0.2, 0) is 17.3 Å². The van der Waals surface area contributed by atoms with E-state index in [4.69, 9.17) is 0 Å². The van der Waals surface area contributed by atoms with Crippen molar-refractivity contribution in [2.24, 2.45) is 0 Å². The molecule has 0 saturated carbocycles. The molecule has 0 radical (unpaired) electrons. The first-order valence-electron chi connectivity index (χ1n) is 4.15. The molecule has 0 saturated heterocycles. The second-order valence-electron chi connectivity index (χ2n) is 2.49. The quantitative estimate of drug-likeness (QED) is 0.739. The van der Waals surface area contributed by atoms with Crippen LogP contribution in [0.15, 0.2) is 21.7 Å². The molecule has 0 spiro atoms. The number of hydrogen-bond donors (Lipinski definition) is 0. The van der Waals surface area contributed by atoms with Gasteiger partial charge >= 0.3 is 75.8 Å². The van der Waals surface area contributed by atoms with Crippen LogP contribution in [0.2, 0.25) is 9.62 Å². The van der Waals surface area contributed by atoms with Crippen LogP contribution >= 0.6 is 0 Å². The Hall–Kier alpha value is 0.168. The van der Waals surface area contributed by atoms with Gasteiger partial charge in [-0.15, -0.1) is 0 Å². The molecule has 1 heteroatoms. The first-order chi connectivity index (χ1) is 5.29. The normalized spacial score (nSPS) is 17.9. The van der Waals surface area contributed by atoms with Crippen LogP contribution < -0.4 is 0 Å². The first kappa shape index (κ1) is 9.26. The summed E-state index contributed by atoms with van der Waals surface area (Å²) in [5.74, 6) is 0. The van der Waals surface area contributed by atoms with Gasteiger partial charge in [0.2, 0.25) is 0 Å². The van der Waals surface area contributed by atoms with Gasteiger partial charge in [-0.05, 0) is 0 Å². The Balaban J connectivity index is 2.67. The van der Waals surface area contributed by atoms with Crippen LogP contribution in [0.5, 0.6) is 0 Å². The van der Waals surface area contributed by atoms with Crippen LogP contribution in [0, 0.1) is 0 Å². The van der Waals surface area contributed by atoms with Crippen LogP contribution in [0.1, 0.15) is 27.2 Å². The average Bonchev–Trinajstić information content (AvgIpc) is 2.40. The van der Waals surface area contributed by atoms with E-state index in [1.165, 1.54) is 16.0 Å². The second-order valence-corrected chi connectivity index (χ2v) is 9.81. The molecule has 0 nitrogen and oxygen atoms in total. The van der Waals surface area contributed by atoms with Crippen molar-refractivity contribution in [1.29, 1.82) is 0 Å². The summed E-state index contributed by atoms with van der Waals surface area (Å²) in [5, 5.41) is 0. The molecule has 1 aliphatic carbocycles. The van der Waals surface area contributed by atoms with Gasteiger partial charge in [0.05, 0.1) is 0 Å². The Bertz CT molecular complexity index is 185. The third-order valence-electron chi connectivity index (χ3n) is 1.87. The summed E-state index contributed by atoms with van der Waals surface area (Å²) in [6.45, 7) is 6.98. The summed E-state index contributed by atoms with van der Waals surface area (Å²) in [4.78, 5) is 2.91. The van der Waals surface area contributed by atoms with Gasteiger partial charge in [0, 0.05) is 0 Å². The van der Waals surface area contributed by atoms with Gasteiger partial charge in [0.25, 0.3) is 0 Å². The maximum absolute atomic E-state index is 2.35. The van der Waals surface area contributed by atoms with Crippen LogP contribution in [0.4, 0.5) is 0 Å². The van der Waals surface area contributed by atoms with Crippen molar-refractivity contribution >= 4 is 0 Å². The second kappa shape index (κ2) is 4.26. The summed E-state index contributed by atoms with van der Waals surface area (Å²) in [7, 11) is 0. The monoisotopic (exact) mass is 332 g/mol. The standard InChI is InChI=1S/C6H7.2C2H5.Pt/c1-6-4-2-3-5-6;2*1-2;/h2,4H,3H2,1H3;2*1H2,2H3;. The average molecular weight is 332 g/mol. The third-order valence-corrected chi connectivity index (χ3v) is 9.04. The molecule has 1 rings (SSSR count). The zero-order chi connectivity index (χ0) is 8.27. The van der Waals surface area contributed by atoms with Crippen LogP contribution in [-0.4, -0.2) is 0 Å². The van der Waals surface area contributed by atoms with E-state index in [0.717, 1.165) is 0 Å². The number of hydrogen-bond acceptors (Lipinski definition) is 0. The van der Waals surface area contributed by atoms with E-state index in [2.05, 4.69) is 32.9 Å². The van der Waals surface area contributed by atoms with Crippen molar-refractivity contribution in [2.45, 2.75) is 36.8 Å². The SMILES string of the molecule is C[CH2][Pt]([CH2]C)[C]1=C(C)C=CC1. The Kier molecular flexibility index (Phi) is 3.58. The van der Waals surface area contributed by atoms with Gasteiger partial charge in [-0.1, -0.05) is 0 Å². The van der Waals surface area contributed by atoms with Gasteiger partial charge in [0.1, 0.15) is 0 Å². The molecule has 1 aliphatic rings. The topological polar surface area (TPSA) is 0 Å². The molecule has 0 N–H and O–H groups in total. The fourth-order valence-electron chi connectivity index (χ4n) is 1.27. The molecule has 0 bridgehead atoms. The molecule has 67 valence electrons. The molecule has 0 aromatic rings. The molecule has 0 aliphatic heterocycles. The molecule has 0 amide bonds. The van der Waals surface area contributed by atoms with Gasteiger partial charge < -0.3 is 0 Å². The van der Waals surface area contributed by atoms with E-state index in [0.29, 0.717) is 0 Å². The zero-order valence-electron chi connectivity index (χ0n) is 7.59. The van der Waals surface area contributed by atoms with Crippen LogP contribution in [0.3, 0.4) is 0 Å². The third kappa shape index (κ3) is 2.06. The number of allylic oxidation sites excluding steroid dienone is 4.